The van der Waals surface area contributed by atoms with E-state index in [1.807, 2.05) is 24.3 Å². The Labute approximate surface area is 151 Å². The van der Waals surface area contributed by atoms with Gasteiger partial charge in [0.2, 0.25) is 0 Å². The molecular weight excluding hydrogens is 332 g/mol. The van der Waals surface area contributed by atoms with Crippen LogP contribution < -0.4 is 20.1 Å². The van der Waals surface area contributed by atoms with Crippen molar-refractivity contribution < 1.29 is 14.3 Å². The van der Waals surface area contributed by atoms with E-state index >= 15 is 0 Å². The first-order valence-corrected chi connectivity index (χ1v) is 7.88. The number of hydrogen-bond acceptors (Lipinski definition) is 6. The van der Waals surface area contributed by atoms with Crippen molar-refractivity contribution in [2.45, 2.75) is 0 Å². The number of ether oxygens (including phenoxy) is 2. The van der Waals surface area contributed by atoms with Gasteiger partial charge in [-0.2, -0.15) is 0 Å². The summed E-state index contributed by atoms with van der Waals surface area (Å²) >= 11 is 0. The maximum absolute atomic E-state index is 12.3. The van der Waals surface area contributed by atoms with Crippen molar-refractivity contribution in [3.8, 4) is 11.5 Å². The number of carbonyl (C=O) groups excluding carboxylic acids is 1. The van der Waals surface area contributed by atoms with Gasteiger partial charge >= 0.3 is 0 Å². The highest BCUT2D eigenvalue weighted by molar-refractivity contribution is 6.03. The topological polar surface area (TPSA) is 85.4 Å². The highest BCUT2D eigenvalue weighted by atomic mass is 16.5. The lowest BCUT2D eigenvalue weighted by molar-refractivity contribution is 0.102. The quantitative estimate of drug-likeness (QED) is 0.708. The van der Waals surface area contributed by atoms with Crippen LogP contribution in [0.1, 0.15) is 10.4 Å². The number of aromatic nitrogens is 2. The molecule has 3 aromatic rings. The number of methoxy groups -OCH3 is 2. The molecule has 26 heavy (non-hydrogen) atoms. The third kappa shape index (κ3) is 4.27. The Morgan fingerprint density at radius 3 is 2.19 bits per heavy atom. The van der Waals surface area contributed by atoms with Gasteiger partial charge < -0.3 is 20.1 Å². The third-order valence-corrected chi connectivity index (χ3v) is 3.60. The Bertz CT molecular complexity index is 880. The van der Waals surface area contributed by atoms with Crippen molar-refractivity contribution in [3.63, 3.8) is 0 Å². The van der Waals surface area contributed by atoms with E-state index < -0.39 is 0 Å². The van der Waals surface area contributed by atoms with E-state index in [9.17, 15) is 4.79 Å². The van der Waals surface area contributed by atoms with Gasteiger partial charge in [0.05, 0.1) is 14.2 Å². The van der Waals surface area contributed by atoms with Crippen LogP contribution in [0.15, 0.2) is 60.7 Å². The third-order valence-electron chi connectivity index (χ3n) is 3.60. The summed E-state index contributed by atoms with van der Waals surface area (Å²) in [6, 6.07) is 17.7. The van der Waals surface area contributed by atoms with E-state index in [4.69, 9.17) is 9.47 Å². The van der Waals surface area contributed by atoms with Crippen molar-refractivity contribution in [1.29, 1.82) is 0 Å². The van der Waals surface area contributed by atoms with Gasteiger partial charge in [0.1, 0.15) is 11.5 Å². The number of benzene rings is 2. The summed E-state index contributed by atoms with van der Waals surface area (Å²) in [5.74, 6) is 2.03. The summed E-state index contributed by atoms with van der Waals surface area (Å²) in [6.07, 6.45) is 0. The van der Waals surface area contributed by atoms with Gasteiger partial charge in [-0.1, -0.05) is 6.07 Å². The van der Waals surface area contributed by atoms with Crippen LogP contribution in [0, 0.1) is 0 Å². The monoisotopic (exact) mass is 350 g/mol. The summed E-state index contributed by atoms with van der Waals surface area (Å²) in [5, 5.41) is 13.9. The first-order chi connectivity index (χ1) is 12.7. The Hall–Kier alpha value is -3.61. The van der Waals surface area contributed by atoms with Crippen LogP contribution in [-0.2, 0) is 0 Å². The molecule has 0 atom stereocenters. The molecule has 0 bridgehead atoms. The zero-order valence-electron chi connectivity index (χ0n) is 14.4. The van der Waals surface area contributed by atoms with Crippen LogP contribution in [0.4, 0.5) is 17.3 Å². The molecule has 0 saturated heterocycles. The van der Waals surface area contributed by atoms with Gasteiger partial charge in [-0.3, -0.25) is 4.79 Å². The van der Waals surface area contributed by atoms with Crippen LogP contribution in [0.5, 0.6) is 11.5 Å². The molecule has 0 saturated carbocycles. The minimum Gasteiger partial charge on any atom is -0.497 e. The zero-order chi connectivity index (χ0) is 18.4. The summed E-state index contributed by atoms with van der Waals surface area (Å²) in [7, 11) is 3.17. The summed E-state index contributed by atoms with van der Waals surface area (Å²) in [5.41, 5.74) is 1.33. The van der Waals surface area contributed by atoms with Crippen LogP contribution in [0.3, 0.4) is 0 Å². The highest BCUT2D eigenvalue weighted by Crippen LogP contribution is 2.19. The van der Waals surface area contributed by atoms with Crippen LogP contribution in [-0.4, -0.2) is 30.3 Å². The molecule has 0 unspecified atom stereocenters. The predicted octanol–water partition coefficient (Wildman–Crippen LogP) is 3.49. The molecule has 1 aromatic heterocycles. The number of rotatable bonds is 6. The molecule has 0 aliphatic carbocycles. The molecule has 7 nitrogen and oxygen atoms in total. The number of nitrogens with one attached hydrogen (secondary N) is 2. The lowest BCUT2D eigenvalue weighted by Gasteiger charge is -2.08. The predicted molar refractivity (Wildman–Crippen MR) is 99.3 cm³/mol. The number of amides is 1. The summed E-state index contributed by atoms with van der Waals surface area (Å²) in [6.45, 7) is 0. The first-order valence-electron chi connectivity index (χ1n) is 7.88. The Morgan fingerprint density at radius 2 is 1.54 bits per heavy atom. The van der Waals surface area contributed by atoms with E-state index in [0.717, 1.165) is 11.4 Å². The van der Waals surface area contributed by atoms with E-state index in [-0.39, 0.29) is 5.91 Å². The molecular formula is C19H18N4O3. The molecule has 0 aliphatic rings. The maximum atomic E-state index is 12.3. The average molecular weight is 350 g/mol. The average Bonchev–Trinajstić information content (AvgIpc) is 2.70. The fourth-order valence-corrected chi connectivity index (χ4v) is 2.24. The fourth-order valence-electron chi connectivity index (χ4n) is 2.24. The van der Waals surface area contributed by atoms with Gasteiger partial charge in [-0.15, -0.1) is 10.2 Å². The van der Waals surface area contributed by atoms with Gasteiger partial charge in [0.15, 0.2) is 11.6 Å². The smallest absolute Gasteiger partial charge is 0.256 e. The van der Waals surface area contributed by atoms with Crippen LogP contribution >= 0.6 is 0 Å². The highest BCUT2D eigenvalue weighted by Gasteiger charge is 2.08. The van der Waals surface area contributed by atoms with Crippen molar-refractivity contribution >= 4 is 23.2 Å². The second-order valence-corrected chi connectivity index (χ2v) is 5.34. The zero-order valence-corrected chi connectivity index (χ0v) is 14.4. The van der Waals surface area contributed by atoms with Gasteiger partial charge in [-0.25, -0.2) is 0 Å². The standard InChI is InChI=1S/C19H18N4O3/c1-25-15-8-6-14(7-9-15)20-17-10-11-18(23-22-17)21-19(24)13-4-3-5-16(12-13)26-2/h3-12H,1-2H3,(H,20,22)(H,21,23,24). The summed E-state index contributed by atoms with van der Waals surface area (Å²) in [4.78, 5) is 12.3. The molecule has 0 spiro atoms. The lowest BCUT2D eigenvalue weighted by atomic mass is 10.2. The largest absolute Gasteiger partial charge is 0.497 e. The second kappa shape index (κ2) is 7.98. The number of hydrogen-bond donors (Lipinski definition) is 2. The van der Waals surface area contributed by atoms with E-state index in [1.54, 1.807) is 50.6 Å². The molecule has 3 rings (SSSR count). The van der Waals surface area contributed by atoms with Crippen LogP contribution in [0.2, 0.25) is 0 Å². The first kappa shape index (κ1) is 17.2. The molecule has 2 aromatic carbocycles. The number of anilines is 3. The minimum atomic E-state index is -0.283. The minimum absolute atomic E-state index is 0.283. The number of nitrogens with zero attached hydrogens (tertiary/aromatic N) is 2. The van der Waals surface area contributed by atoms with E-state index in [0.29, 0.717) is 22.9 Å². The van der Waals surface area contributed by atoms with Gasteiger partial charge in [-0.05, 0) is 54.6 Å². The molecule has 0 fully saturated rings. The molecule has 1 heterocycles. The Morgan fingerprint density at radius 1 is 0.846 bits per heavy atom. The van der Waals surface area contributed by atoms with Crippen LogP contribution in [0.25, 0.3) is 0 Å². The molecule has 1 amide bonds. The van der Waals surface area contributed by atoms with Crippen molar-refractivity contribution in [2.75, 3.05) is 24.9 Å². The maximum Gasteiger partial charge on any atom is 0.256 e. The Kier molecular flexibility index (Phi) is 5.28. The van der Waals surface area contributed by atoms with Crippen molar-refractivity contribution in [2.24, 2.45) is 0 Å². The normalized spacial score (nSPS) is 10.1. The van der Waals surface area contributed by atoms with Crippen molar-refractivity contribution in [1.82, 2.24) is 10.2 Å². The summed E-state index contributed by atoms with van der Waals surface area (Å²) < 4.78 is 10.2. The molecule has 0 aliphatic heterocycles. The Balaban J connectivity index is 1.64. The van der Waals surface area contributed by atoms with Gasteiger partial charge in [0, 0.05) is 11.3 Å². The van der Waals surface area contributed by atoms with Gasteiger partial charge in [0.25, 0.3) is 5.91 Å². The van der Waals surface area contributed by atoms with Crippen molar-refractivity contribution in [3.05, 3.63) is 66.2 Å². The SMILES string of the molecule is COc1ccc(Nc2ccc(NC(=O)c3cccc(OC)c3)nn2)cc1. The van der Waals surface area contributed by atoms with E-state index in [2.05, 4.69) is 20.8 Å². The molecule has 7 heteroatoms. The number of carbonyl (C=O) groups is 1. The molecule has 0 radical (unpaired) electrons. The molecule has 2 N–H and O–H groups in total. The molecule has 132 valence electrons. The second-order valence-electron chi connectivity index (χ2n) is 5.34. The van der Waals surface area contributed by atoms with E-state index in [1.165, 1.54) is 0 Å². The fraction of sp³-hybridized carbons (Fsp3) is 0.105. The lowest BCUT2D eigenvalue weighted by Crippen LogP contribution is -2.13.